The van der Waals surface area contributed by atoms with Crippen molar-refractivity contribution in [3.8, 4) is 0 Å². The zero-order chi connectivity index (χ0) is 10.1. The average molecular weight is 211 g/mol. The lowest BCUT2D eigenvalue weighted by molar-refractivity contribution is 0.568. The highest BCUT2D eigenvalue weighted by Gasteiger charge is 2.24. The second-order valence-corrected chi connectivity index (χ2v) is 4.94. The highest BCUT2D eigenvalue weighted by atomic mass is 32.2. The van der Waals surface area contributed by atoms with Crippen LogP contribution in [0.15, 0.2) is 18.2 Å². The normalized spacial score (nSPS) is 26.8. The van der Waals surface area contributed by atoms with E-state index in [0.717, 1.165) is 16.9 Å². The Morgan fingerprint density at radius 2 is 2.29 bits per heavy atom. The molecule has 3 heteroatoms. The van der Waals surface area contributed by atoms with Gasteiger partial charge in [-0.2, -0.15) is 0 Å². The first-order valence-electron chi connectivity index (χ1n) is 4.80. The van der Waals surface area contributed by atoms with Crippen molar-refractivity contribution in [3.05, 3.63) is 35.1 Å². The molecule has 14 heavy (non-hydrogen) atoms. The molecule has 0 amide bonds. The van der Waals surface area contributed by atoms with Gasteiger partial charge in [0.05, 0.1) is 5.37 Å². The Bertz CT molecular complexity index is 340. The van der Waals surface area contributed by atoms with Gasteiger partial charge in [-0.3, -0.25) is 5.32 Å². The van der Waals surface area contributed by atoms with E-state index in [9.17, 15) is 4.39 Å². The van der Waals surface area contributed by atoms with Gasteiger partial charge in [-0.25, -0.2) is 4.39 Å². The lowest BCUT2D eigenvalue weighted by Crippen LogP contribution is -2.22. The van der Waals surface area contributed by atoms with Crippen LogP contribution < -0.4 is 5.32 Å². The minimum Gasteiger partial charge on any atom is -0.298 e. The molecule has 2 unspecified atom stereocenters. The van der Waals surface area contributed by atoms with Crippen molar-refractivity contribution in [3.63, 3.8) is 0 Å². The van der Waals surface area contributed by atoms with Gasteiger partial charge in [0.15, 0.2) is 0 Å². The molecule has 0 spiro atoms. The van der Waals surface area contributed by atoms with Crippen LogP contribution in [0, 0.1) is 12.7 Å². The van der Waals surface area contributed by atoms with Crippen molar-refractivity contribution in [2.24, 2.45) is 0 Å². The maximum atomic E-state index is 13.5. The van der Waals surface area contributed by atoms with Gasteiger partial charge in [-0.1, -0.05) is 17.7 Å². The van der Waals surface area contributed by atoms with E-state index in [1.54, 1.807) is 17.8 Å². The minimum atomic E-state index is -0.102. The summed E-state index contributed by atoms with van der Waals surface area (Å²) in [6.45, 7) is 4.12. The Kier molecular flexibility index (Phi) is 2.79. The van der Waals surface area contributed by atoms with Gasteiger partial charge in [-0.15, -0.1) is 11.8 Å². The van der Waals surface area contributed by atoms with Gasteiger partial charge in [0, 0.05) is 17.4 Å². The van der Waals surface area contributed by atoms with Crippen LogP contribution in [0.5, 0.6) is 0 Å². The molecule has 1 N–H and O–H groups in total. The minimum absolute atomic E-state index is 0.102. The quantitative estimate of drug-likeness (QED) is 0.766. The lowest BCUT2D eigenvalue weighted by Gasteiger charge is -2.12. The number of nitrogens with one attached hydrogen (secondary N) is 1. The largest absolute Gasteiger partial charge is 0.298 e. The summed E-state index contributed by atoms with van der Waals surface area (Å²) in [6.07, 6.45) is 0. The first-order valence-corrected chi connectivity index (χ1v) is 5.85. The molecule has 1 aromatic rings. The van der Waals surface area contributed by atoms with Crippen LogP contribution in [0.25, 0.3) is 0 Å². The molecular weight excluding hydrogens is 197 g/mol. The lowest BCUT2D eigenvalue weighted by atomic mass is 10.1. The third-order valence-corrected chi connectivity index (χ3v) is 3.80. The fourth-order valence-electron chi connectivity index (χ4n) is 1.64. The van der Waals surface area contributed by atoms with Crippen molar-refractivity contribution < 1.29 is 4.39 Å². The second-order valence-electron chi connectivity index (χ2n) is 3.81. The average Bonchev–Trinajstić information content (AvgIpc) is 2.56. The summed E-state index contributed by atoms with van der Waals surface area (Å²) < 4.78 is 13.5. The predicted molar refractivity (Wildman–Crippen MR) is 58.9 cm³/mol. The summed E-state index contributed by atoms with van der Waals surface area (Å²) in [6, 6.07) is 5.76. The molecular formula is C11H14FNS. The number of rotatable bonds is 1. The molecule has 0 bridgehead atoms. The van der Waals surface area contributed by atoms with Crippen LogP contribution in [-0.4, -0.2) is 11.8 Å². The van der Waals surface area contributed by atoms with Crippen molar-refractivity contribution in [2.75, 3.05) is 5.75 Å². The first kappa shape index (κ1) is 9.99. The zero-order valence-corrected chi connectivity index (χ0v) is 9.20. The van der Waals surface area contributed by atoms with Crippen LogP contribution in [0.1, 0.15) is 23.4 Å². The number of halogens is 1. The second kappa shape index (κ2) is 3.91. The molecule has 0 aromatic heterocycles. The van der Waals surface area contributed by atoms with Gasteiger partial charge >= 0.3 is 0 Å². The summed E-state index contributed by atoms with van der Waals surface area (Å²) >= 11 is 1.78. The number of aryl methyl sites for hydroxylation is 1. The van der Waals surface area contributed by atoms with Crippen LogP contribution in [0.2, 0.25) is 0 Å². The standard InChI is InChI=1S/C11H14FNS/c1-7-3-4-10(12)9(5-7)11-13-8(2)6-14-11/h3-5,8,11,13H,6H2,1-2H3. The number of hydrogen-bond acceptors (Lipinski definition) is 2. The summed E-state index contributed by atoms with van der Waals surface area (Å²) in [7, 11) is 0. The molecule has 76 valence electrons. The van der Waals surface area contributed by atoms with Crippen molar-refractivity contribution in [1.29, 1.82) is 0 Å². The van der Waals surface area contributed by atoms with E-state index in [2.05, 4.69) is 12.2 Å². The smallest absolute Gasteiger partial charge is 0.128 e. The SMILES string of the molecule is Cc1ccc(F)c(C2NC(C)CS2)c1. The molecule has 1 saturated heterocycles. The first-order chi connectivity index (χ1) is 6.66. The van der Waals surface area contributed by atoms with Gasteiger partial charge < -0.3 is 0 Å². The van der Waals surface area contributed by atoms with Crippen molar-refractivity contribution in [1.82, 2.24) is 5.32 Å². The molecule has 0 aliphatic carbocycles. The molecule has 1 nitrogen and oxygen atoms in total. The Hall–Kier alpha value is -0.540. The van der Waals surface area contributed by atoms with E-state index in [-0.39, 0.29) is 11.2 Å². The van der Waals surface area contributed by atoms with Crippen LogP contribution in [0.4, 0.5) is 4.39 Å². The third kappa shape index (κ3) is 1.93. The van der Waals surface area contributed by atoms with Crippen LogP contribution in [0.3, 0.4) is 0 Å². The fourth-order valence-corrected chi connectivity index (χ4v) is 2.90. The third-order valence-electron chi connectivity index (χ3n) is 2.38. The van der Waals surface area contributed by atoms with E-state index in [1.807, 2.05) is 19.1 Å². The maximum absolute atomic E-state index is 13.5. The maximum Gasteiger partial charge on any atom is 0.128 e. The molecule has 2 rings (SSSR count). The van der Waals surface area contributed by atoms with Gasteiger partial charge in [0.2, 0.25) is 0 Å². The Labute approximate surface area is 88.1 Å². The molecule has 0 radical (unpaired) electrons. The van der Waals surface area contributed by atoms with Gasteiger partial charge in [0.25, 0.3) is 0 Å². The zero-order valence-electron chi connectivity index (χ0n) is 8.38. The topological polar surface area (TPSA) is 12.0 Å². The molecule has 1 aliphatic rings. The monoisotopic (exact) mass is 211 g/mol. The highest BCUT2D eigenvalue weighted by Crippen LogP contribution is 2.34. The number of hydrogen-bond donors (Lipinski definition) is 1. The summed E-state index contributed by atoms with van der Waals surface area (Å²) in [5.74, 6) is 0.951. The summed E-state index contributed by atoms with van der Waals surface area (Å²) in [4.78, 5) is 0. The van der Waals surface area contributed by atoms with Crippen molar-refractivity contribution >= 4 is 11.8 Å². The molecule has 1 fully saturated rings. The van der Waals surface area contributed by atoms with E-state index in [0.29, 0.717) is 6.04 Å². The predicted octanol–water partition coefficient (Wildman–Crippen LogP) is 2.86. The highest BCUT2D eigenvalue weighted by molar-refractivity contribution is 7.99. The Morgan fingerprint density at radius 1 is 1.50 bits per heavy atom. The van der Waals surface area contributed by atoms with Crippen LogP contribution in [-0.2, 0) is 0 Å². The van der Waals surface area contributed by atoms with E-state index in [4.69, 9.17) is 0 Å². The fraction of sp³-hybridized carbons (Fsp3) is 0.455. The molecule has 0 saturated carbocycles. The number of thioether (sulfide) groups is 1. The summed E-state index contributed by atoms with van der Waals surface area (Å²) in [5, 5.41) is 3.49. The van der Waals surface area contributed by atoms with Crippen LogP contribution >= 0.6 is 11.8 Å². The Morgan fingerprint density at radius 3 is 2.93 bits per heavy atom. The molecule has 1 heterocycles. The van der Waals surface area contributed by atoms with E-state index in [1.165, 1.54) is 0 Å². The van der Waals surface area contributed by atoms with Crippen molar-refractivity contribution in [2.45, 2.75) is 25.3 Å². The summed E-state index contributed by atoms with van der Waals surface area (Å²) in [5.41, 5.74) is 1.91. The molecule has 2 atom stereocenters. The Balaban J connectivity index is 2.27. The van der Waals surface area contributed by atoms with Gasteiger partial charge in [0.1, 0.15) is 5.82 Å². The van der Waals surface area contributed by atoms with E-state index >= 15 is 0 Å². The molecule has 1 aromatic carbocycles. The van der Waals surface area contributed by atoms with E-state index < -0.39 is 0 Å². The van der Waals surface area contributed by atoms with Gasteiger partial charge in [-0.05, 0) is 19.9 Å². The molecule has 1 aliphatic heterocycles. The number of benzene rings is 1.